The van der Waals surface area contributed by atoms with Crippen molar-refractivity contribution in [3.63, 3.8) is 0 Å². The Balaban J connectivity index is 1.52. The Bertz CT molecular complexity index is 1490. The Hall–Kier alpha value is -4.21. The molecule has 1 saturated carbocycles. The lowest BCUT2D eigenvalue weighted by atomic mass is 9.97. The van der Waals surface area contributed by atoms with Crippen molar-refractivity contribution in [1.82, 2.24) is 4.98 Å². The maximum atomic E-state index is 13.6. The maximum absolute atomic E-state index is 13.6. The molecule has 1 aliphatic carbocycles. The highest BCUT2D eigenvalue weighted by atomic mass is 19.4. The van der Waals surface area contributed by atoms with Gasteiger partial charge in [-0.1, -0.05) is 31.0 Å². The molecule has 0 spiro atoms. The second-order valence-corrected chi connectivity index (χ2v) is 11.5. The van der Waals surface area contributed by atoms with Gasteiger partial charge in [0.05, 0.1) is 23.4 Å². The van der Waals surface area contributed by atoms with Crippen LogP contribution in [-0.4, -0.2) is 28.4 Å². The largest absolute Gasteiger partial charge is 0.444 e. The summed E-state index contributed by atoms with van der Waals surface area (Å²) in [5, 5.41) is 4.76. The van der Waals surface area contributed by atoms with Gasteiger partial charge in [0.25, 0.3) is 0 Å². The van der Waals surface area contributed by atoms with E-state index in [0.717, 1.165) is 41.8 Å². The van der Waals surface area contributed by atoms with E-state index in [9.17, 15) is 27.6 Å². The van der Waals surface area contributed by atoms with E-state index < -0.39 is 41.5 Å². The van der Waals surface area contributed by atoms with E-state index in [2.05, 4.69) is 15.6 Å². The van der Waals surface area contributed by atoms with Crippen LogP contribution < -0.4 is 10.6 Å². The number of carbonyl (C=O) groups is 3. The number of ketones is 1. The molecule has 4 rings (SSSR count). The topological polar surface area (TPSA) is 97.4 Å². The number of nitrogens with one attached hydrogen (secondary N) is 2. The lowest BCUT2D eigenvalue weighted by Gasteiger charge is -2.21. The predicted octanol–water partition coefficient (Wildman–Crippen LogP) is 8.29. The van der Waals surface area contributed by atoms with Gasteiger partial charge in [0, 0.05) is 23.4 Å². The summed E-state index contributed by atoms with van der Waals surface area (Å²) >= 11 is 0. The van der Waals surface area contributed by atoms with E-state index in [4.69, 9.17) is 4.74 Å². The third-order valence-electron chi connectivity index (χ3n) is 6.97. The van der Waals surface area contributed by atoms with Crippen LogP contribution in [0.4, 0.5) is 29.3 Å². The molecule has 10 heteroatoms. The molecular weight excluding hydrogens is 547 g/mol. The minimum Gasteiger partial charge on any atom is -0.444 e. The van der Waals surface area contributed by atoms with Crippen LogP contribution in [0.1, 0.15) is 86.0 Å². The summed E-state index contributed by atoms with van der Waals surface area (Å²) in [5.74, 6) is -0.918. The second-order valence-electron chi connectivity index (χ2n) is 11.5. The first kappa shape index (κ1) is 30.7. The van der Waals surface area contributed by atoms with Gasteiger partial charge in [-0.3, -0.25) is 19.9 Å². The summed E-state index contributed by atoms with van der Waals surface area (Å²) in [5.41, 5.74) is 0.608. The van der Waals surface area contributed by atoms with Crippen molar-refractivity contribution in [1.29, 1.82) is 0 Å². The highest BCUT2D eigenvalue weighted by molar-refractivity contribution is 6.12. The van der Waals surface area contributed by atoms with E-state index in [1.807, 2.05) is 18.2 Å². The summed E-state index contributed by atoms with van der Waals surface area (Å²) in [6, 6.07) is 12.6. The Morgan fingerprint density at radius 3 is 2.26 bits per heavy atom. The molecule has 0 unspecified atom stereocenters. The number of aryl methyl sites for hydroxylation is 1. The van der Waals surface area contributed by atoms with Crippen molar-refractivity contribution in [3.05, 3.63) is 77.1 Å². The number of rotatable bonds is 7. The zero-order valence-electron chi connectivity index (χ0n) is 24.0. The molecule has 0 saturated heterocycles. The van der Waals surface area contributed by atoms with Gasteiger partial charge in [-0.2, -0.15) is 13.2 Å². The second kappa shape index (κ2) is 12.3. The number of hydrogen-bond acceptors (Lipinski definition) is 5. The van der Waals surface area contributed by atoms with E-state index in [-0.39, 0.29) is 22.5 Å². The third-order valence-corrected chi connectivity index (χ3v) is 6.97. The van der Waals surface area contributed by atoms with Gasteiger partial charge in [-0.15, -0.1) is 0 Å². The maximum Gasteiger partial charge on any atom is 0.416 e. The smallest absolute Gasteiger partial charge is 0.416 e. The molecule has 2 aromatic carbocycles. The van der Waals surface area contributed by atoms with Gasteiger partial charge < -0.3 is 10.1 Å². The van der Waals surface area contributed by atoms with Crippen molar-refractivity contribution in [2.24, 2.45) is 0 Å². The van der Waals surface area contributed by atoms with Gasteiger partial charge in [-0.25, -0.2) is 4.79 Å². The lowest BCUT2D eigenvalue weighted by molar-refractivity contribution is -0.138. The summed E-state index contributed by atoms with van der Waals surface area (Å²) < 4.78 is 46.1. The van der Waals surface area contributed by atoms with Crippen molar-refractivity contribution < 1.29 is 32.3 Å². The number of carbonyl (C=O) groups excluding carboxylic acids is 3. The molecule has 42 heavy (non-hydrogen) atoms. The molecule has 1 heterocycles. The number of benzene rings is 2. The number of pyridine rings is 1. The fraction of sp³-hybridized carbons (Fsp3) is 0.375. The fourth-order valence-electron chi connectivity index (χ4n) is 5.02. The van der Waals surface area contributed by atoms with E-state index in [1.165, 1.54) is 19.8 Å². The van der Waals surface area contributed by atoms with Crippen LogP contribution in [0.3, 0.4) is 0 Å². The molecular formula is C32H34F3N3O4. The summed E-state index contributed by atoms with van der Waals surface area (Å²) in [7, 11) is 0. The van der Waals surface area contributed by atoms with Crippen molar-refractivity contribution in [2.75, 3.05) is 10.6 Å². The first-order valence-corrected chi connectivity index (χ1v) is 13.8. The summed E-state index contributed by atoms with van der Waals surface area (Å²) in [6.45, 7) is 6.15. The monoisotopic (exact) mass is 581 g/mol. The molecule has 0 radical (unpaired) electrons. The average Bonchev–Trinajstić information content (AvgIpc) is 3.44. The minimum atomic E-state index is -4.70. The van der Waals surface area contributed by atoms with Crippen LogP contribution in [0.25, 0.3) is 11.1 Å². The van der Waals surface area contributed by atoms with Crippen LogP contribution in [-0.2, 0) is 15.7 Å². The number of alkyl halides is 3. The van der Waals surface area contributed by atoms with E-state index >= 15 is 0 Å². The minimum absolute atomic E-state index is 0.0895. The molecule has 0 bridgehead atoms. The highest BCUT2D eigenvalue weighted by Crippen LogP contribution is 2.37. The van der Waals surface area contributed by atoms with Gasteiger partial charge in [0.15, 0.2) is 5.78 Å². The molecule has 2 N–H and O–H groups in total. The Morgan fingerprint density at radius 1 is 0.929 bits per heavy atom. The number of anilines is 2. The predicted molar refractivity (Wildman–Crippen MR) is 154 cm³/mol. The number of amides is 2. The number of halogens is 3. The molecule has 0 atom stereocenters. The number of aromatic nitrogens is 1. The molecule has 1 aromatic heterocycles. The average molecular weight is 582 g/mol. The number of hydrogen-bond donors (Lipinski definition) is 2. The lowest BCUT2D eigenvalue weighted by Crippen LogP contribution is -2.28. The molecule has 2 amide bonds. The number of ether oxygens (including phenoxy) is 1. The summed E-state index contributed by atoms with van der Waals surface area (Å²) in [6.07, 6.45) is 0.1000. The Labute approximate surface area is 242 Å². The van der Waals surface area contributed by atoms with Gasteiger partial charge >= 0.3 is 12.3 Å². The Kier molecular flexibility index (Phi) is 9.03. The quantitative estimate of drug-likeness (QED) is 0.216. The Morgan fingerprint density at radius 2 is 1.60 bits per heavy atom. The van der Waals surface area contributed by atoms with Crippen LogP contribution in [0, 0.1) is 6.92 Å². The van der Waals surface area contributed by atoms with Gasteiger partial charge in [0.1, 0.15) is 5.60 Å². The van der Waals surface area contributed by atoms with Crippen molar-refractivity contribution in [3.8, 4) is 11.1 Å². The zero-order chi connectivity index (χ0) is 30.7. The molecule has 1 fully saturated rings. The fourth-order valence-corrected chi connectivity index (χ4v) is 5.02. The van der Waals surface area contributed by atoms with Crippen molar-refractivity contribution in [2.45, 2.75) is 77.5 Å². The molecule has 3 aromatic rings. The van der Waals surface area contributed by atoms with Crippen molar-refractivity contribution >= 4 is 29.2 Å². The normalized spacial score (nSPS) is 14.0. The van der Waals surface area contributed by atoms with Gasteiger partial charge in [-0.05, 0) is 87.6 Å². The summed E-state index contributed by atoms with van der Waals surface area (Å²) in [4.78, 5) is 42.8. The SMILES string of the molecule is Cc1cc(NC(=O)OC(C)(C)C)c(NC(=O)CC(=O)c2cccc(-c3ccnc(C4CCCC4)c3)c2)cc1C(F)(F)F. The molecule has 7 nitrogen and oxygen atoms in total. The van der Waals surface area contributed by atoms with E-state index in [1.54, 1.807) is 45.2 Å². The molecule has 222 valence electrons. The first-order chi connectivity index (χ1) is 19.7. The number of nitrogens with zero attached hydrogens (tertiary/aromatic N) is 1. The van der Waals surface area contributed by atoms with Crippen LogP contribution in [0.5, 0.6) is 0 Å². The van der Waals surface area contributed by atoms with E-state index in [0.29, 0.717) is 5.92 Å². The first-order valence-electron chi connectivity index (χ1n) is 13.8. The van der Waals surface area contributed by atoms with Crippen LogP contribution >= 0.6 is 0 Å². The molecule has 1 aliphatic rings. The standard InChI is InChI=1S/C32H34F3N3O4/c1-19-14-26(38-30(41)42-31(2,3)4)27(17-24(19)32(33,34)35)37-29(40)18-28(39)23-11-7-10-21(15-23)22-12-13-36-25(16-22)20-8-5-6-9-20/h7,10-17,20H,5-6,8-9,18H2,1-4H3,(H,37,40)(H,38,41). The van der Waals surface area contributed by atoms with Crippen LogP contribution in [0.2, 0.25) is 0 Å². The van der Waals surface area contributed by atoms with Gasteiger partial charge in [0.2, 0.25) is 5.91 Å². The highest BCUT2D eigenvalue weighted by Gasteiger charge is 2.34. The third kappa shape index (κ3) is 7.96. The zero-order valence-corrected chi connectivity index (χ0v) is 24.0. The number of Topliss-reactive ketones (excluding diaryl/α,β-unsaturated/α-hetero) is 1. The molecule has 0 aliphatic heterocycles. The van der Waals surface area contributed by atoms with Crippen LogP contribution in [0.15, 0.2) is 54.7 Å².